The van der Waals surface area contributed by atoms with Crippen molar-refractivity contribution in [3.8, 4) is 11.4 Å². The molecule has 150 valence electrons. The van der Waals surface area contributed by atoms with Gasteiger partial charge in [-0.25, -0.2) is 9.67 Å². The topological polar surface area (TPSA) is 60.3 Å². The molecule has 29 heavy (non-hydrogen) atoms. The summed E-state index contributed by atoms with van der Waals surface area (Å²) in [5.41, 5.74) is 0.825. The smallest absolute Gasteiger partial charge is 0.293 e. The van der Waals surface area contributed by atoms with Gasteiger partial charge in [0, 0.05) is 24.0 Å². The van der Waals surface area contributed by atoms with Crippen molar-refractivity contribution in [1.82, 2.24) is 19.7 Å². The van der Waals surface area contributed by atoms with Crippen LogP contribution in [0.1, 0.15) is 29.3 Å². The fraction of sp³-hybridized carbons (Fsp3) is 0.318. The van der Waals surface area contributed by atoms with Crippen LogP contribution in [0, 0.1) is 12.8 Å². The van der Waals surface area contributed by atoms with E-state index in [1.54, 1.807) is 16.8 Å². The average molecular weight is 411 g/mol. The lowest BCUT2D eigenvalue weighted by molar-refractivity contribution is 0.0621. The molecule has 1 aliphatic rings. The van der Waals surface area contributed by atoms with Crippen molar-refractivity contribution in [1.29, 1.82) is 0 Å². The number of carbonyl (C=O) groups excluding carboxylic acids is 1. The van der Waals surface area contributed by atoms with Crippen molar-refractivity contribution in [3.63, 3.8) is 0 Å². The number of halogens is 1. The van der Waals surface area contributed by atoms with Gasteiger partial charge in [0.1, 0.15) is 11.6 Å². The van der Waals surface area contributed by atoms with Gasteiger partial charge in [-0.15, -0.1) is 5.10 Å². The Labute approximate surface area is 175 Å². The molecule has 0 aliphatic carbocycles. The van der Waals surface area contributed by atoms with Crippen molar-refractivity contribution >= 4 is 17.5 Å². The Balaban J connectivity index is 1.42. The van der Waals surface area contributed by atoms with Crippen LogP contribution in [0.3, 0.4) is 0 Å². The maximum Gasteiger partial charge on any atom is 0.293 e. The van der Waals surface area contributed by atoms with Gasteiger partial charge in [0.2, 0.25) is 5.82 Å². The molecule has 3 aromatic rings. The number of aryl methyl sites for hydroxylation is 1. The summed E-state index contributed by atoms with van der Waals surface area (Å²) >= 11 is 5.96. The number of para-hydroxylation sites is 1. The highest BCUT2D eigenvalue weighted by atomic mass is 35.5. The second kappa shape index (κ2) is 8.66. The minimum atomic E-state index is -0.134. The third-order valence-corrected chi connectivity index (χ3v) is 5.32. The van der Waals surface area contributed by atoms with Gasteiger partial charge in [0.15, 0.2) is 0 Å². The van der Waals surface area contributed by atoms with E-state index >= 15 is 0 Å². The highest BCUT2D eigenvalue weighted by molar-refractivity contribution is 6.30. The van der Waals surface area contributed by atoms with Crippen LogP contribution in [0.15, 0.2) is 54.6 Å². The zero-order valence-electron chi connectivity index (χ0n) is 16.3. The molecule has 0 N–H and O–H groups in total. The molecule has 2 heterocycles. The Hall–Kier alpha value is -2.86. The standard InChI is InChI=1S/C22H23ClN4O2/c1-16-24-21(25-27(16)19-11-9-18(23)10-12-19)22(28)26-13-5-6-17(14-26)15-29-20-7-3-2-4-8-20/h2-4,7-12,17H,5-6,13-15H2,1H3. The lowest BCUT2D eigenvalue weighted by Gasteiger charge is -2.31. The van der Waals surface area contributed by atoms with Gasteiger partial charge in [0.25, 0.3) is 5.91 Å². The Kier molecular flexibility index (Phi) is 5.81. The number of hydrogen-bond acceptors (Lipinski definition) is 4. The Morgan fingerprint density at radius 1 is 1.17 bits per heavy atom. The number of piperidine rings is 1. The van der Waals surface area contributed by atoms with Crippen LogP contribution in [0.4, 0.5) is 0 Å². The molecule has 0 saturated carbocycles. The minimum Gasteiger partial charge on any atom is -0.493 e. The van der Waals surface area contributed by atoms with Crippen molar-refractivity contribution in [2.75, 3.05) is 19.7 Å². The Morgan fingerprint density at radius 3 is 2.69 bits per heavy atom. The van der Waals surface area contributed by atoms with Crippen molar-refractivity contribution in [3.05, 3.63) is 71.3 Å². The summed E-state index contributed by atoms with van der Waals surface area (Å²) in [6.07, 6.45) is 1.99. The molecule has 2 aromatic carbocycles. The summed E-state index contributed by atoms with van der Waals surface area (Å²) < 4.78 is 7.56. The van der Waals surface area contributed by atoms with Gasteiger partial charge in [-0.05, 0) is 56.2 Å². The summed E-state index contributed by atoms with van der Waals surface area (Å²) in [7, 11) is 0. The fourth-order valence-corrected chi connectivity index (χ4v) is 3.69. The van der Waals surface area contributed by atoms with Crippen LogP contribution in [-0.2, 0) is 0 Å². The molecule has 1 saturated heterocycles. The number of aromatic nitrogens is 3. The lowest BCUT2D eigenvalue weighted by Crippen LogP contribution is -2.42. The molecule has 1 aliphatic heterocycles. The maximum absolute atomic E-state index is 13.0. The van der Waals surface area contributed by atoms with E-state index in [0.717, 1.165) is 30.8 Å². The molecule has 1 aromatic heterocycles. The van der Waals surface area contributed by atoms with E-state index < -0.39 is 0 Å². The zero-order chi connectivity index (χ0) is 20.2. The molecule has 1 atom stereocenters. The number of amides is 1. The van der Waals surface area contributed by atoms with Gasteiger partial charge in [-0.2, -0.15) is 0 Å². The van der Waals surface area contributed by atoms with E-state index in [1.807, 2.05) is 54.3 Å². The van der Waals surface area contributed by atoms with Crippen molar-refractivity contribution in [2.24, 2.45) is 5.92 Å². The first-order valence-electron chi connectivity index (χ1n) is 9.77. The molecule has 1 fully saturated rings. The first-order valence-corrected chi connectivity index (χ1v) is 10.1. The van der Waals surface area contributed by atoms with Gasteiger partial charge >= 0.3 is 0 Å². The van der Waals surface area contributed by atoms with Crippen LogP contribution >= 0.6 is 11.6 Å². The van der Waals surface area contributed by atoms with Gasteiger partial charge in [-0.3, -0.25) is 4.79 Å². The quantitative estimate of drug-likeness (QED) is 0.633. The Bertz CT molecular complexity index is 972. The number of hydrogen-bond donors (Lipinski definition) is 0. The number of ether oxygens (including phenoxy) is 1. The highest BCUT2D eigenvalue weighted by Crippen LogP contribution is 2.21. The maximum atomic E-state index is 13.0. The third kappa shape index (κ3) is 4.59. The minimum absolute atomic E-state index is 0.134. The van der Waals surface area contributed by atoms with Crippen molar-refractivity contribution in [2.45, 2.75) is 19.8 Å². The molecular formula is C22H23ClN4O2. The highest BCUT2D eigenvalue weighted by Gasteiger charge is 2.27. The molecular weight excluding hydrogens is 388 g/mol. The van der Waals surface area contributed by atoms with E-state index in [9.17, 15) is 4.79 Å². The third-order valence-electron chi connectivity index (χ3n) is 5.07. The lowest BCUT2D eigenvalue weighted by atomic mass is 9.99. The predicted octanol–water partition coefficient (Wildman–Crippen LogP) is 4.16. The fourth-order valence-electron chi connectivity index (χ4n) is 3.57. The number of rotatable bonds is 5. The summed E-state index contributed by atoms with van der Waals surface area (Å²) in [6.45, 7) is 3.81. The predicted molar refractivity (Wildman–Crippen MR) is 112 cm³/mol. The molecule has 0 radical (unpaired) electrons. The second-order valence-corrected chi connectivity index (χ2v) is 7.69. The summed E-state index contributed by atoms with van der Waals surface area (Å²) in [5, 5.41) is 5.10. The number of likely N-dealkylation sites (tertiary alicyclic amines) is 1. The van der Waals surface area contributed by atoms with E-state index in [2.05, 4.69) is 10.1 Å². The number of carbonyl (C=O) groups is 1. The SMILES string of the molecule is Cc1nc(C(=O)N2CCCC(COc3ccccc3)C2)nn1-c1ccc(Cl)cc1. The first-order chi connectivity index (χ1) is 14.1. The van der Waals surface area contributed by atoms with Crippen LogP contribution in [0.5, 0.6) is 5.75 Å². The van der Waals surface area contributed by atoms with Crippen molar-refractivity contribution < 1.29 is 9.53 Å². The molecule has 0 spiro atoms. The van der Waals surface area contributed by atoms with E-state index in [0.29, 0.717) is 29.9 Å². The van der Waals surface area contributed by atoms with Gasteiger partial charge in [-0.1, -0.05) is 29.8 Å². The van der Waals surface area contributed by atoms with Gasteiger partial charge < -0.3 is 9.64 Å². The monoisotopic (exact) mass is 410 g/mol. The van der Waals surface area contributed by atoms with Crippen LogP contribution in [0.25, 0.3) is 5.69 Å². The van der Waals surface area contributed by atoms with E-state index in [1.165, 1.54) is 0 Å². The zero-order valence-corrected chi connectivity index (χ0v) is 17.0. The normalized spacial score (nSPS) is 16.6. The average Bonchev–Trinajstić information content (AvgIpc) is 3.15. The largest absolute Gasteiger partial charge is 0.493 e. The molecule has 1 unspecified atom stereocenters. The van der Waals surface area contributed by atoms with Crippen LogP contribution in [-0.4, -0.2) is 45.3 Å². The summed E-state index contributed by atoms with van der Waals surface area (Å²) in [4.78, 5) is 19.2. The van der Waals surface area contributed by atoms with Crippen LogP contribution < -0.4 is 4.74 Å². The molecule has 7 heteroatoms. The molecule has 1 amide bonds. The van der Waals surface area contributed by atoms with E-state index in [4.69, 9.17) is 16.3 Å². The molecule has 6 nitrogen and oxygen atoms in total. The molecule has 0 bridgehead atoms. The summed E-state index contributed by atoms with van der Waals surface area (Å²) in [5.74, 6) is 1.91. The second-order valence-electron chi connectivity index (χ2n) is 7.25. The number of benzene rings is 2. The van der Waals surface area contributed by atoms with Crippen LogP contribution in [0.2, 0.25) is 5.02 Å². The van der Waals surface area contributed by atoms with Gasteiger partial charge in [0.05, 0.1) is 12.3 Å². The Morgan fingerprint density at radius 2 is 1.93 bits per heavy atom. The molecule has 4 rings (SSSR count). The summed E-state index contributed by atoms with van der Waals surface area (Å²) in [6, 6.07) is 17.1. The number of nitrogens with zero attached hydrogens (tertiary/aromatic N) is 4. The first kappa shape index (κ1) is 19.5. The van der Waals surface area contributed by atoms with E-state index in [-0.39, 0.29) is 11.7 Å².